The molecule has 31 heavy (non-hydrogen) atoms. The maximum absolute atomic E-state index is 11.8. The second-order valence-electron chi connectivity index (χ2n) is 7.44. The van der Waals surface area contributed by atoms with Crippen LogP contribution in [0.4, 0.5) is 0 Å². The van der Waals surface area contributed by atoms with Gasteiger partial charge < -0.3 is 20.4 Å². The van der Waals surface area contributed by atoms with Gasteiger partial charge in [-0.2, -0.15) is 0 Å². The Bertz CT molecular complexity index is 642. The van der Waals surface area contributed by atoms with Crippen LogP contribution in [-0.4, -0.2) is 53.2 Å². The van der Waals surface area contributed by atoms with E-state index in [0.717, 1.165) is 11.1 Å². The number of terminal acetylenes is 1. The van der Waals surface area contributed by atoms with E-state index in [2.05, 4.69) is 22.9 Å². The van der Waals surface area contributed by atoms with Crippen molar-refractivity contribution in [3.8, 4) is 12.3 Å². The number of hydrogen-bond donors (Lipinski definition) is 5. The van der Waals surface area contributed by atoms with Gasteiger partial charge in [-0.15, -0.1) is 6.42 Å². The van der Waals surface area contributed by atoms with Gasteiger partial charge in [-0.1, -0.05) is 45.7 Å². The van der Waals surface area contributed by atoms with Gasteiger partial charge >= 0.3 is 0 Å². The molecule has 1 saturated heterocycles. The van der Waals surface area contributed by atoms with E-state index < -0.39 is 0 Å². The molecule has 1 aliphatic rings. The van der Waals surface area contributed by atoms with Gasteiger partial charge in [-0.05, 0) is 36.0 Å². The van der Waals surface area contributed by atoms with Crippen molar-refractivity contribution in [1.29, 1.82) is 0 Å². The summed E-state index contributed by atoms with van der Waals surface area (Å²) in [6.07, 6.45) is 7.27. The molecule has 1 unspecified atom stereocenters. The van der Waals surface area contributed by atoms with Crippen LogP contribution in [0, 0.1) is 17.8 Å². The van der Waals surface area contributed by atoms with Crippen molar-refractivity contribution >= 4 is 12.3 Å². The number of amides is 2. The van der Waals surface area contributed by atoms with Gasteiger partial charge in [0.2, 0.25) is 12.3 Å². The highest BCUT2D eigenvalue weighted by Gasteiger charge is 2.29. The molecule has 2 rings (SSSR count). The molecule has 1 aliphatic heterocycles. The number of carbonyl (C=O) groups is 2. The summed E-state index contributed by atoms with van der Waals surface area (Å²) in [6.45, 7) is 9.75. The van der Waals surface area contributed by atoms with Gasteiger partial charge in [0, 0.05) is 38.2 Å². The van der Waals surface area contributed by atoms with Gasteiger partial charge in [-0.3, -0.25) is 21.3 Å². The quantitative estimate of drug-likeness (QED) is 0.188. The molecule has 1 atom stereocenters. The van der Waals surface area contributed by atoms with Gasteiger partial charge in [-0.25, -0.2) is 0 Å². The lowest BCUT2D eigenvalue weighted by Gasteiger charge is -2.26. The molecular formula is C23H40N4O4. The van der Waals surface area contributed by atoms with E-state index >= 15 is 0 Å². The number of aliphatic hydroxyl groups is 2. The van der Waals surface area contributed by atoms with Crippen LogP contribution in [0.2, 0.25) is 0 Å². The summed E-state index contributed by atoms with van der Waals surface area (Å²) in [6, 6.07) is 7.49. The number of aliphatic hydroxyl groups excluding tert-OH is 2. The van der Waals surface area contributed by atoms with Crippen molar-refractivity contribution in [3.05, 3.63) is 35.4 Å². The second-order valence-corrected chi connectivity index (χ2v) is 7.44. The van der Waals surface area contributed by atoms with Gasteiger partial charge in [0.25, 0.3) is 0 Å². The molecule has 0 spiro atoms. The van der Waals surface area contributed by atoms with Crippen LogP contribution in [0.3, 0.4) is 0 Å². The molecule has 1 aromatic rings. The first-order valence-electron chi connectivity index (χ1n) is 10.4. The number of hydrazine groups is 1. The van der Waals surface area contributed by atoms with Crippen molar-refractivity contribution in [2.24, 2.45) is 17.1 Å². The molecule has 8 heteroatoms. The molecule has 7 N–H and O–H groups in total. The number of rotatable bonds is 7. The van der Waals surface area contributed by atoms with Crippen LogP contribution >= 0.6 is 0 Å². The fourth-order valence-corrected chi connectivity index (χ4v) is 2.76. The van der Waals surface area contributed by atoms with Gasteiger partial charge in [0.05, 0.1) is 6.10 Å². The van der Waals surface area contributed by atoms with E-state index in [4.69, 9.17) is 11.5 Å². The molecule has 0 saturated carbocycles. The molecular weight excluding hydrogens is 396 g/mol. The number of β-amino-alcohol motifs (C(OH)–C–C–N with tert-alkyl or cyclic N) is 1. The van der Waals surface area contributed by atoms with E-state index in [9.17, 15) is 14.7 Å². The zero-order valence-electron chi connectivity index (χ0n) is 19.3. The van der Waals surface area contributed by atoms with Gasteiger partial charge in [0.1, 0.15) is 0 Å². The minimum atomic E-state index is -0.352. The number of likely N-dealkylation sites (tertiary alicyclic amines) is 1. The number of hydrogen-bond acceptors (Lipinski definition) is 6. The molecule has 1 heterocycles. The average molecular weight is 437 g/mol. The Balaban J connectivity index is 0. The van der Waals surface area contributed by atoms with Crippen LogP contribution in [0.15, 0.2) is 24.3 Å². The Kier molecular flexibility index (Phi) is 18.2. The lowest BCUT2D eigenvalue weighted by atomic mass is 9.85. The molecule has 2 amide bonds. The third-order valence-corrected chi connectivity index (χ3v) is 4.44. The Morgan fingerprint density at radius 2 is 1.90 bits per heavy atom. The predicted octanol–water partition coefficient (Wildman–Crippen LogP) is 1.14. The molecule has 1 aromatic carbocycles. The standard InChI is InChI=1S/C11H21NO3.C10H9NO.C2H6.H4N2/c1-11(2,4-6-13)7-10(15)12-5-3-9(14)8-12;1-2-9-3-5-10(6-4-9)7-11-8-12;2*1-2/h9,13-14H,3-8H2,1-2H3;1,3-6,8H,7H2,(H,11,12);1-2H3;1-2H2. The topological polar surface area (TPSA) is 142 Å². The largest absolute Gasteiger partial charge is 0.396 e. The van der Waals surface area contributed by atoms with E-state index in [0.29, 0.717) is 45.3 Å². The van der Waals surface area contributed by atoms with Crippen LogP contribution in [-0.2, 0) is 16.1 Å². The third-order valence-electron chi connectivity index (χ3n) is 4.44. The normalized spacial score (nSPS) is 14.4. The SMILES string of the molecule is C#Cc1ccc(CNC=O)cc1.CC.CC(C)(CCO)CC(=O)N1CCC(O)C1.NN. The maximum atomic E-state index is 11.8. The average Bonchev–Trinajstić information content (AvgIpc) is 3.22. The number of nitrogens with zero attached hydrogens (tertiary/aromatic N) is 1. The highest BCUT2D eigenvalue weighted by molar-refractivity contribution is 5.77. The molecule has 8 nitrogen and oxygen atoms in total. The summed E-state index contributed by atoms with van der Waals surface area (Å²) in [7, 11) is 0. The lowest BCUT2D eigenvalue weighted by molar-refractivity contribution is -0.132. The summed E-state index contributed by atoms with van der Waals surface area (Å²) < 4.78 is 0. The molecule has 176 valence electrons. The van der Waals surface area contributed by atoms with E-state index in [-0.39, 0.29) is 24.0 Å². The van der Waals surface area contributed by atoms with Crippen LogP contribution in [0.5, 0.6) is 0 Å². The Labute approximate surface area is 187 Å². The van der Waals surface area contributed by atoms with Gasteiger partial charge in [0.15, 0.2) is 0 Å². The fourth-order valence-electron chi connectivity index (χ4n) is 2.76. The summed E-state index contributed by atoms with van der Waals surface area (Å²) in [5, 5.41) is 20.7. The predicted molar refractivity (Wildman–Crippen MR) is 124 cm³/mol. The minimum Gasteiger partial charge on any atom is -0.396 e. The van der Waals surface area contributed by atoms with E-state index in [1.165, 1.54) is 0 Å². The van der Waals surface area contributed by atoms with Crippen molar-refractivity contribution in [3.63, 3.8) is 0 Å². The monoisotopic (exact) mass is 436 g/mol. The van der Waals surface area contributed by atoms with Crippen LogP contribution in [0.1, 0.15) is 58.1 Å². The number of benzene rings is 1. The number of nitrogens with one attached hydrogen (secondary N) is 1. The smallest absolute Gasteiger partial charge is 0.223 e. The fraction of sp³-hybridized carbons (Fsp3) is 0.565. The molecule has 0 aliphatic carbocycles. The minimum absolute atomic E-state index is 0.0880. The molecule has 0 aromatic heterocycles. The van der Waals surface area contributed by atoms with E-state index in [1.807, 2.05) is 52.0 Å². The summed E-state index contributed by atoms with van der Waals surface area (Å²) in [5.41, 5.74) is 1.74. The molecule has 0 bridgehead atoms. The first-order valence-corrected chi connectivity index (χ1v) is 10.4. The summed E-state index contributed by atoms with van der Waals surface area (Å²) in [4.78, 5) is 23.5. The van der Waals surface area contributed by atoms with Crippen molar-refractivity contribution in [2.75, 3.05) is 19.7 Å². The lowest BCUT2D eigenvalue weighted by Crippen LogP contribution is -2.33. The summed E-state index contributed by atoms with van der Waals surface area (Å²) in [5.74, 6) is 10.6. The third kappa shape index (κ3) is 14.2. The molecule has 1 fully saturated rings. The Hall–Kier alpha value is -2.44. The zero-order chi connectivity index (χ0) is 24.3. The van der Waals surface area contributed by atoms with Crippen molar-refractivity contribution in [1.82, 2.24) is 10.2 Å². The highest BCUT2D eigenvalue weighted by Crippen LogP contribution is 2.26. The molecule has 0 radical (unpaired) electrons. The Morgan fingerprint density at radius 3 is 2.32 bits per heavy atom. The number of carbonyl (C=O) groups excluding carboxylic acids is 2. The van der Waals surface area contributed by atoms with E-state index in [1.54, 1.807) is 4.90 Å². The highest BCUT2D eigenvalue weighted by atomic mass is 16.3. The Morgan fingerprint density at radius 1 is 1.32 bits per heavy atom. The second kappa shape index (κ2) is 18.3. The number of nitrogens with two attached hydrogens (primary N) is 2. The first kappa shape index (κ1) is 30.8. The van der Waals surface area contributed by atoms with Crippen molar-refractivity contribution < 1.29 is 19.8 Å². The van der Waals surface area contributed by atoms with Crippen LogP contribution in [0.25, 0.3) is 0 Å². The zero-order valence-corrected chi connectivity index (χ0v) is 19.3. The first-order chi connectivity index (χ1) is 14.8. The maximum Gasteiger partial charge on any atom is 0.223 e. The summed E-state index contributed by atoms with van der Waals surface area (Å²) >= 11 is 0. The van der Waals surface area contributed by atoms with Crippen molar-refractivity contribution in [2.45, 2.75) is 59.6 Å². The van der Waals surface area contributed by atoms with Crippen LogP contribution < -0.4 is 17.0 Å².